The Balaban J connectivity index is 2.38. The Morgan fingerprint density at radius 2 is 1.83 bits per heavy atom. The standard InChI is InChI=1S/C14H19NO3/c1-11(16)15-14(2,3)9-10-18-13(17)12-7-5-4-6-8-12/h4-8H,9-10H2,1-3H3,(H,15,16). The SMILES string of the molecule is CC(=O)NC(C)(C)CCOC(=O)c1ccccc1. The molecule has 0 aliphatic heterocycles. The molecule has 0 spiro atoms. The molecular formula is C14H19NO3. The third kappa shape index (κ3) is 4.99. The van der Waals surface area contributed by atoms with Gasteiger partial charge in [-0.3, -0.25) is 4.79 Å². The third-order valence-electron chi connectivity index (χ3n) is 2.48. The minimum atomic E-state index is -0.372. The third-order valence-corrected chi connectivity index (χ3v) is 2.48. The van der Waals surface area contributed by atoms with Gasteiger partial charge in [0.05, 0.1) is 12.2 Å². The van der Waals surface area contributed by atoms with Gasteiger partial charge in [-0.1, -0.05) is 18.2 Å². The quantitative estimate of drug-likeness (QED) is 0.813. The minimum Gasteiger partial charge on any atom is -0.462 e. The normalized spacial score (nSPS) is 10.8. The summed E-state index contributed by atoms with van der Waals surface area (Å²) in [5.41, 5.74) is 0.165. The molecule has 4 nitrogen and oxygen atoms in total. The van der Waals surface area contributed by atoms with Gasteiger partial charge in [0.15, 0.2) is 0 Å². The van der Waals surface area contributed by atoms with E-state index in [1.54, 1.807) is 24.3 Å². The van der Waals surface area contributed by atoms with Crippen molar-refractivity contribution in [2.75, 3.05) is 6.61 Å². The average molecular weight is 249 g/mol. The lowest BCUT2D eigenvalue weighted by atomic mass is 10.0. The highest BCUT2D eigenvalue weighted by molar-refractivity contribution is 5.89. The van der Waals surface area contributed by atoms with Crippen molar-refractivity contribution in [3.05, 3.63) is 35.9 Å². The molecule has 0 aliphatic rings. The van der Waals surface area contributed by atoms with Crippen LogP contribution >= 0.6 is 0 Å². The van der Waals surface area contributed by atoms with Crippen LogP contribution in [0.15, 0.2) is 30.3 Å². The Bertz CT molecular complexity index is 412. The maximum absolute atomic E-state index is 11.6. The van der Waals surface area contributed by atoms with E-state index in [1.165, 1.54) is 6.92 Å². The molecule has 1 aromatic rings. The molecule has 0 aliphatic carbocycles. The first kappa shape index (κ1) is 14.2. The van der Waals surface area contributed by atoms with Gasteiger partial charge in [-0.15, -0.1) is 0 Å². The number of hydrogen-bond acceptors (Lipinski definition) is 3. The molecule has 1 amide bonds. The first-order chi connectivity index (χ1) is 8.41. The zero-order valence-corrected chi connectivity index (χ0v) is 11.0. The van der Waals surface area contributed by atoms with Crippen molar-refractivity contribution in [3.63, 3.8) is 0 Å². The summed E-state index contributed by atoms with van der Waals surface area (Å²) < 4.78 is 5.16. The number of nitrogens with one attached hydrogen (secondary N) is 1. The molecule has 1 aromatic carbocycles. The summed E-state index contributed by atoms with van der Waals surface area (Å²) >= 11 is 0. The van der Waals surface area contributed by atoms with Crippen LogP contribution in [0.3, 0.4) is 0 Å². The van der Waals surface area contributed by atoms with Crippen LogP contribution in [0, 0.1) is 0 Å². The van der Waals surface area contributed by atoms with Crippen molar-refractivity contribution in [1.82, 2.24) is 5.32 Å². The van der Waals surface area contributed by atoms with E-state index in [4.69, 9.17) is 4.74 Å². The molecule has 0 fully saturated rings. The number of esters is 1. The van der Waals surface area contributed by atoms with Gasteiger partial charge in [-0.25, -0.2) is 4.79 Å². The van der Waals surface area contributed by atoms with Crippen LogP contribution < -0.4 is 5.32 Å². The molecule has 0 heterocycles. The average Bonchev–Trinajstić information content (AvgIpc) is 2.28. The number of carbonyl (C=O) groups is 2. The van der Waals surface area contributed by atoms with Crippen LogP contribution in [0.4, 0.5) is 0 Å². The lowest BCUT2D eigenvalue weighted by Crippen LogP contribution is -2.43. The number of benzene rings is 1. The second-order valence-electron chi connectivity index (χ2n) is 4.82. The zero-order valence-electron chi connectivity index (χ0n) is 11.0. The number of carbonyl (C=O) groups excluding carboxylic acids is 2. The maximum atomic E-state index is 11.6. The minimum absolute atomic E-state index is 0.0885. The molecule has 0 bridgehead atoms. The fraction of sp³-hybridized carbons (Fsp3) is 0.429. The summed E-state index contributed by atoms with van der Waals surface area (Å²) in [6.07, 6.45) is 0.575. The maximum Gasteiger partial charge on any atom is 0.338 e. The highest BCUT2D eigenvalue weighted by Crippen LogP contribution is 2.09. The summed E-state index contributed by atoms with van der Waals surface area (Å²) in [5, 5.41) is 2.80. The van der Waals surface area contributed by atoms with Gasteiger partial charge in [-0.2, -0.15) is 0 Å². The van der Waals surface area contributed by atoms with E-state index in [1.807, 2.05) is 19.9 Å². The van der Waals surface area contributed by atoms with Crippen LogP contribution in [-0.4, -0.2) is 24.0 Å². The number of rotatable bonds is 5. The van der Waals surface area contributed by atoms with Crippen LogP contribution in [0.5, 0.6) is 0 Å². The molecule has 98 valence electrons. The molecule has 0 saturated carbocycles. The topological polar surface area (TPSA) is 55.4 Å². The summed E-state index contributed by atoms with van der Waals surface area (Å²) in [6.45, 7) is 5.54. The molecule has 0 unspecified atom stereocenters. The van der Waals surface area contributed by atoms with Gasteiger partial charge < -0.3 is 10.1 Å². The van der Waals surface area contributed by atoms with Crippen molar-refractivity contribution in [1.29, 1.82) is 0 Å². The Hall–Kier alpha value is -1.84. The van der Waals surface area contributed by atoms with Crippen molar-refractivity contribution >= 4 is 11.9 Å². The fourth-order valence-electron chi connectivity index (χ4n) is 1.60. The Morgan fingerprint density at radius 3 is 2.39 bits per heavy atom. The lowest BCUT2D eigenvalue weighted by molar-refractivity contribution is -0.120. The van der Waals surface area contributed by atoms with Crippen molar-refractivity contribution in [3.8, 4) is 0 Å². The Morgan fingerprint density at radius 1 is 1.22 bits per heavy atom. The van der Waals surface area contributed by atoms with Gasteiger partial charge >= 0.3 is 5.97 Å². The van der Waals surface area contributed by atoms with Gasteiger partial charge in [-0.05, 0) is 26.0 Å². The number of ether oxygens (including phenoxy) is 1. The molecule has 1 rings (SSSR count). The summed E-state index contributed by atoms with van der Waals surface area (Å²) in [5.74, 6) is -0.427. The van der Waals surface area contributed by atoms with Gasteiger partial charge in [0.1, 0.15) is 0 Å². The van der Waals surface area contributed by atoms with E-state index in [2.05, 4.69) is 5.32 Å². The first-order valence-electron chi connectivity index (χ1n) is 5.92. The van der Waals surface area contributed by atoms with Crippen LogP contribution in [0.1, 0.15) is 37.6 Å². The summed E-state index contributed by atoms with van der Waals surface area (Å²) in [4.78, 5) is 22.6. The van der Waals surface area contributed by atoms with Crippen molar-refractivity contribution in [2.45, 2.75) is 32.7 Å². The van der Waals surface area contributed by atoms with Crippen molar-refractivity contribution in [2.24, 2.45) is 0 Å². The molecular weight excluding hydrogens is 230 g/mol. The van der Waals surface area contributed by atoms with E-state index >= 15 is 0 Å². The summed E-state index contributed by atoms with van der Waals surface area (Å²) in [7, 11) is 0. The number of amides is 1. The van der Waals surface area contributed by atoms with E-state index in [0.717, 1.165) is 0 Å². The van der Waals surface area contributed by atoms with Crippen LogP contribution in [0.2, 0.25) is 0 Å². The van der Waals surface area contributed by atoms with E-state index < -0.39 is 0 Å². The van der Waals surface area contributed by atoms with Crippen molar-refractivity contribution < 1.29 is 14.3 Å². The first-order valence-corrected chi connectivity index (χ1v) is 5.92. The van der Waals surface area contributed by atoms with E-state index in [0.29, 0.717) is 12.0 Å². The zero-order chi connectivity index (χ0) is 13.6. The van der Waals surface area contributed by atoms with Gasteiger partial charge in [0, 0.05) is 18.9 Å². The molecule has 0 atom stereocenters. The molecule has 4 heteroatoms. The van der Waals surface area contributed by atoms with E-state index in [9.17, 15) is 9.59 Å². The van der Waals surface area contributed by atoms with Gasteiger partial charge in [0.25, 0.3) is 0 Å². The predicted octanol–water partition coefficient (Wildman–Crippen LogP) is 2.15. The monoisotopic (exact) mass is 249 g/mol. The fourth-order valence-corrected chi connectivity index (χ4v) is 1.60. The predicted molar refractivity (Wildman–Crippen MR) is 69.2 cm³/mol. The Kier molecular flexibility index (Phi) is 4.89. The molecule has 0 aromatic heterocycles. The largest absolute Gasteiger partial charge is 0.462 e. The molecule has 18 heavy (non-hydrogen) atoms. The molecule has 1 N–H and O–H groups in total. The van der Waals surface area contributed by atoms with Gasteiger partial charge in [0.2, 0.25) is 5.91 Å². The van der Waals surface area contributed by atoms with Crippen LogP contribution in [-0.2, 0) is 9.53 Å². The second-order valence-corrected chi connectivity index (χ2v) is 4.82. The smallest absolute Gasteiger partial charge is 0.338 e. The molecule has 0 saturated heterocycles. The Labute approximate surface area is 107 Å². The summed E-state index contributed by atoms with van der Waals surface area (Å²) in [6, 6.07) is 8.84. The molecule has 0 radical (unpaired) electrons. The van der Waals surface area contributed by atoms with Crippen LogP contribution in [0.25, 0.3) is 0 Å². The highest BCUT2D eigenvalue weighted by Gasteiger charge is 2.19. The lowest BCUT2D eigenvalue weighted by Gasteiger charge is -2.25. The number of hydrogen-bond donors (Lipinski definition) is 1. The highest BCUT2D eigenvalue weighted by atomic mass is 16.5. The second kappa shape index (κ2) is 6.19. The van der Waals surface area contributed by atoms with E-state index in [-0.39, 0.29) is 24.0 Å².